The highest BCUT2D eigenvalue weighted by atomic mass is 79.9. The van der Waals surface area contributed by atoms with Crippen LogP contribution in [0.3, 0.4) is 0 Å². The minimum atomic E-state index is -4.32. The summed E-state index contributed by atoms with van der Waals surface area (Å²) in [5.74, 6) is -0.130. The van der Waals surface area contributed by atoms with Gasteiger partial charge in [-0.1, -0.05) is 15.9 Å². The molecule has 0 aliphatic heterocycles. The molecule has 100 valence electrons. The van der Waals surface area contributed by atoms with E-state index >= 15 is 0 Å². The van der Waals surface area contributed by atoms with E-state index in [0.29, 0.717) is 11.9 Å². The van der Waals surface area contributed by atoms with Crippen LogP contribution in [0.25, 0.3) is 0 Å². The van der Waals surface area contributed by atoms with Crippen molar-refractivity contribution in [2.24, 2.45) is 0 Å². The molecule has 0 unspecified atom stereocenters. The molecule has 0 aromatic heterocycles. The predicted octanol–water partition coefficient (Wildman–Crippen LogP) is 2.34. The van der Waals surface area contributed by atoms with Crippen molar-refractivity contribution in [2.45, 2.75) is 31.5 Å². The number of rotatable bonds is 7. The highest BCUT2D eigenvalue weighted by molar-refractivity contribution is 9.09. The van der Waals surface area contributed by atoms with Gasteiger partial charge in [0.05, 0.1) is 13.0 Å². The standard InChI is InChI=1S/C10H15BrF3NO2/c11-4-5-15(8-1-2-8)9(16)3-6-17-7-10(12,13)14/h8H,1-7H2. The maximum Gasteiger partial charge on any atom is 0.411 e. The molecule has 0 aromatic carbocycles. The van der Waals surface area contributed by atoms with Crippen molar-refractivity contribution in [1.29, 1.82) is 0 Å². The molecular formula is C10H15BrF3NO2. The van der Waals surface area contributed by atoms with Crippen LogP contribution in [0, 0.1) is 0 Å². The van der Waals surface area contributed by atoms with Gasteiger partial charge in [-0.3, -0.25) is 4.79 Å². The van der Waals surface area contributed by atoms with Crippen LogP contribution in [0.2, 0.25) is 0 Å². The molecule has 1 amide bonds. The lowest BCUT2D eigenvalue weighted by atomic mass is 10.3. The van der Waals surface area contributed by atoms with Crippen molar-refractivity contribution in [3.63, 3.8) is 0 Å². The maximum atomic E-state index is 11.8. The second-order valence-electron chi connectivity index (χ2n) is 3.93. The first-order valence-corrected chi connectivity index (χ1v) is 6.56. The summed E-state index contributed by atoms with van der Waals surface area (Å²) in [6, 6.07) is 0.280. The zero-order chi connectivity index (χ0) is 12.9. The SMILES string of the molecule is O=C(CCOCC(F)(F)F)N(CCBr)C1CC1. The number of halogens is 4. The van der Waals surface area contributed by atoms with Gasteiger partial charge in [-0.2, -0.15) is 13.2 Å². The summed E-state index contributed by atoms with van der Waals surface area (Å²) >= 11 is 3.25. The number of carbonyl (C=O) groups excluding carboxylic acids is 1. The van der Waals surface area contributed by atoms with Gasteiger partial charge in [0.1, 0.15) is 6.61 Å². The fraction of sp³-hybridized carbons (Fsp3) is 0.900. The van der Waals surface area contributed by atoms with E-state index in [-0.39, 0.29) is 25.0 Å². The Morgan fingerprint density at radius 3 is 2.53 bits per heavy atom. The van der Waals surface area contributed by atoms with E-state index in [1.54, 1.807) is 4.90 Å². The van der Waals surface area contributed by atoms with Crippen molar-refractivity contribution >= 4 is 21.8 Å². The number of ether oxygens (including phenoxy) is 1. The van der Waals surface area contributed by atoms with Gasteiger partial charge in [-0.15, -0.1) is 0 Å². The third-order valence-corrected chi connectivity index (χ3v) is 2.71. The summed E-state index contributed by atoms with van der Waals surface area (Å²) in [7, 11) is 0. The lowest BCUT2D eigenvalue weighted by molar-refractivity contribution is -0.175. The van der Waals surface area contributed by atoms with Gasteiger partial charge in [0, 0.05) is 17.9 Å². The summed E-state index contributed by atoms with van der Waals surface area (Å²) in [6.45, 7) is -0.866. The Bertz CT molecular complexity index is 256. The molecule has 0 heterocycles. The summed E-state index contributed by atoms with van der Waals surface area (Å²) in [5.41, 5.74) is 0. The van der Waals surface area contributed by atoms with Crippen LogP contribution < -0.4 is 0 Å². The molecule has 0 spiro atoms. The minimum absolute atomic E-state index is 0.0135. The van der Waals surface area contributed by atoms with Crippen molar-refractivity contribution in [1.82, 2.24) is 4.90 Å². The number of carbonyl (C=O) groups is 1. The third kappa shape index (κ3) is 6.26. The van der Waals surface area contributed by atoms with Gasteiger partial charge in [0.2, 0.25) is 5.91 Å². The number of alkyl halides is 4. The lowest BCUT2D eigenvalue weighted by Crippen LogP contribution is -2.35. The van der Waals surface area contributed by atoms with E-state index in [1.807, 2.05) is 0 Å². The van der Waals surface area contributed by atoms with Gasteiger partial charge >= 0.3 is 6.18 Å². The Morgan fingerprint density at radius 2 is 2.06 bits per heavy atom. The molecule has 3 nitrogen and oxygen atoms in total. The zero-order valence-corrected chi connectivity index (χ0v) is 10.9. The van der Waals surface area contributed by atoms with Crippen LogP contribution in [-0.4, -0.2) is 48.1 Å². The van der Waals surface area contributed by atoms with Crippen LogP contribution in [0.4, 0.5) is 13.2 Å². The highest BCUT2D eigenvalue weighted by Gasteiger charge is 2.32. The first-order chi connectivity index (χ1) is 7.94. The van der Waals surface area contributed by atoms with Crippen molar-refractivity contribution in [3.05, 3.63) is 0 Å². The molecule has 0 radical (unpaired) electrons. The van der Waals surface area contributed by atoms with Gasteiger partial charge < -0.3 is 9.64 Å². The minimum Gasteiger partial charge on any atom is -0.372 e. The number of nitrogens with zero attached hydrogens (tertiary/aromatic N) is 1. The second-order valence-corrected chi connectivity index (χ2v) is 4.72. The Kier molecular flexibility index (Phi) is 5.72. The maximum absolute atomic E-state index is 11.8. The largest absolute Gasteiger partial charge is 0.411 e. The molecule has 0 N–H and O–H groups in total. The first-order valence-electron chi connectivity index (χ1n) is 5.44. The van der Waals surface area contributed by atoms with E-state index in [1.165, 1.54) is 0 Å². The quantitative estimate of drug-likeness (QED) is 0.533. The summed E-state index contributed by atoms with van der Waals surface area (Å²) in [6.07, 6.45) is -2.33. The fourth-order valence-electron chi connectivity index (χ4n) is 1.48. The molecule has 17 heavy (non-hydrogen) atoms. The average Bonchev–Trinajstić information content (AvgIpc) is 3.03. The Morgan fingerprint density at radius 1 is 1.41 bits per heavy atom. The monoisotopic (exact) mass is 317 g/mol. The second kappa shape index (κ2) is 6.58. The lowest BCUT2D eigenvalue weighted by Gasteiger charge is -2.21. The predicted molar refractivity (Wildman–Crippen MR) is 60.0 cm³/mol. The molecule has 1 fully saturated rings. The van der Waals surface area contributed by atoms with Gasteiger partial charge in [0.25, 0.3) is 0 Å². The Hall–Kier alpha value is -0.300. The van der Waals surface area contributed by atoms with Crippen LogP contribution in [0.15, 0.2) is 0 Å². The molecule has 7 heteroatoms. The van der Waals surface area contributed by atoms with E-state index in [9.17, 15) is 18.0 Å². The molecule has 1 saturated carbocycles. The Balaban J connectivity index is 2.18. The highest BCUT2D eigenvalue weighted by Crippen LogP contribution is 2.27. The van der Waals surface area contributed by atoms with Gasteiger partial charge in [-0.05, 0) is 12.8 Å². The molecule has 1 rings (SSSR count). The molecular weight excluding hydrogens is 303 g/mol. The third-order valence-electron chi connectivity index (χ3n) is 2.36. The smallest absolute Gasteiger partial charge is 0.372 e. The molecule has 0 atom stereocenters. The average molecular weight is 318 g/mol. The van der Waals surface area contributed by atoms with Crippen molar-refractivity contribution in [3.8, 4) is 0 Å². The zero-order valence-electron chi connectivity index (χ0n) is 9.30. The normalized spacial score (nSPS) is 16.0. The number of hydrogen-bond acceptors (Lipinski definition) is 2. The molecule has 0 aromatic rings. The molecule has 0 saturated heterocycles. The first kappa shape index (κ1) is 14.8. The summed E-state index contributed by atoms with van der Waals surface area (Å²) < 4.78 is 39.7. The van der Waals surface area contributed by atoms with Gasteiger partial charge in [-0.25, -0.2) is 0 Å². The van der Waals surface area contributed by atoms with Crippen molar-refractivity contribution in [2.75, 3.05) is 25.1 Å². The summed E-state index contributed by atoms with van der Waals surface area (Å²) in [4.78, 5) is 13.4. The fourth-order valence-corrected chi connectivity index (χ4v) is 1.86. The van der Waals surface area contributed by atoms with E-state index in [4.69, 9.17) is 0 Å². The van der Waals surface area contributed by atoms with Gasteiger partial charge in [0.15, 0.2) is 0 Å². The number of amides is 1. The number of hydrogen-bond donors (Lipinski definition) is 0. The molecule has 1 aliphatic carbocycles. The van der Waals surface area contributed by atoms with Crippen LogP contribution in [0.5, 0.6) is 0 Å². The molecule has 1 aliphatic rings. The van der Waals surface area contributed by atoms with Crippen LogP contribution in [0.1, 0.15) is 19.3 Å². The van der Waals surface area contributed by atoms with E-state index in [2.05, 4.69) is 20.7 Å². The van der Waals surface area contributed by atoms with Crippen LogP contribution in [-0.2, 0) is 9.53 Å². The van der Waals surface area contributed by atoms with Crippen molar-refractivity contribution < 1.29 is 22.7 Å². The molecule has 0 bridgehead atoms. The summed E-state index contributed by atoms with van der Waals surface area (Å²) in [5, 5.41) is 0.679. The topological polar surface area (TPSA) is 29.5 Å². The van der Waals surface area contributed by atoms with E-state index in [0.717, 1.165) is 12.8 Å². The van der Waals surface area contributed by atoms with E-state index < -0.39 is 12.8 Å². The Labute approximate surface area is 106 Å². The van der Waals surface area contributed by atoms with Crippen LogP contribution >= 0.6 is 15.9 Å².